The van der Waals surface area contributed by atoms with E-state index in [-0.39, 0.29) is 0 Å². The van der Waals surface area contributed by atoms with Crippen LogP contribution in [-0.4, -0.2) is 14.1 Å². The normalized spacial score (nSPS) is 11.2. The summed E-state index contributed by atoms with van der Waals surface area (Å²) >= 11 is 0. The Morgan fingerprint density at radius 3 is 0.875 bits per heavy atom. The van der Waals surface area contributed by atoms with Crippen molar-refractivity contribution in [2.45, 2.75) is 0 Å². The first-order valence-electron chi connectivity index (χ1n) is 10.9. The molecular weight excluding hydrogens is 388 g/mol. The van der Waals surface area contributed by atoms with Crippen molar-refractivity contribution < 1.29 is 0 Å². The van der Waals surface area contributed by atoms with Gasteiger partial charge in [-0.15, -0.1) is 0 Å². The van der Waals surface area contributed by atoms with Crippen molar-refractivity contribution in [3.05, 3.63) is 119 Å². The van der Waals surface area contributed by atoms with E-state index in [1.807, 2.05) is 14.1 Å². The van der Waals surface area contributed by atoms with Gasteiger partial charge < -0.3 is 10.6 Å². The molecule has 0 heterocycles. The average Bonchev–Trinajstić information content (AvgIpc) is 2.87. The van der Waals surface area contributed by atoms with Gasteiger partial charge in [-0.3, -0.25) is 0 Å². The Hall–Kier alpha value is -4.04. The van der Waals surface area contributed by atoms with Crippen LogP contribution in [0.4, 0.5) is 11.4 Å². The summed E-state index contributed by atoms with van der Waals surface area (Å²) in [6, 6.07) is 34.2. The van der Waals surface area contributed by atoms with Crippen LogP contribution in [-0.2, 0) is 0 Å². The van der Waals surface area contributed by atoms with Crippen LogP contribution in [0.5, 0.6) is 0 Å². The van der Waals surface area contributed by atoms with Gasteiger partial charge in [-0.1, -0.05) is 97.1 Å². The molecule has 0 bridgehead atoms. The van der Waals surface area contributed by atoms with Gasteiger partial charge in [0, 0.05) is 25.5 Å². The zero-order valence-corrected chi connectivity index (χ0v) is 18.5. The number of anilines is 2. The van der Waals surface area contributed by atoms with E-state index in [0.29, 0.717) is 0 Å². The zero-order chi connectivity index (χ0) is 22.2. The molecule has 0 unspecified atom stereocenters. The third-order valence-corrected chi connectivity index (χ3v) is 5.49. The molecule has 0 radical (unpaired) electrons. The van der Waals surface area contributed by atoms with E-state index < -0.39 is 0 Å². The second-order valence-corrected chi connectivity index (χ2v) is 7.65. The molecule has 0 aliphatic carbocycles. The fourth-order valence-electron chi connectivity index (χ4n) is 3.48. The highest BCUT2D eigenvalue weighted by Gasteiger charge is 1.98. The first-order chi connectivity index (χ1) is 15.7. The van der Waals surface area contributed by atoms with Crippen LogP contribution in [0.1, 0.15) is 22.3 Å². The summed E-state index contributed by atoms with van der Waals surface area (Å²) in [7, 11) is 3.86. The SMILES string of the molecule is CNc1ccc(C=Cc2ccc(-c3ccc(C=Cc4ccc(NC)cc4)cc3)cc2)cc1. The van der Waals surface area contributed by atoms with Gasteiger partial charge in [0.2, 0.25) is 0 Å². The van der Waals surface area contributed by atoms with Gasteiger partial charge in [-0.05, 0) is 57.6 Å². The Balaban J connectivity index is 1.40. The van der Waals surface area contributed by atoms with E-state index >= 15 is 0 Å². The molecular formula is C30H28N2. The van der Waals surface area contributed by atoms with Crippen LogP contribution >= 0.6 is 0 Å². The smallest absolute Gasteiger partial charge is 0.0337 e. The molecule has 2 heteroatoms. The minimum atomic E-state index is 1.12. The maximum Gasteiger partial charge on any atom is 0.0337 e. The van der Waals surface area contributed by atoms with E-state index in [4.69, 9.17) is 0 Å². The van der Waals surface area contributed by atoms with Crippen LogP contribution in [0.15, 0.2) is 97.1 Å². The molecule has 4 rings (SSSR count). The maximum atomic E-state index is 3.14. The molecule has 4 aromatic carbocycles. The van der Waals surface area contributed by atoms with Gasteiger partial charge in [0.1, 0.15) is 0 Å². The maximum absolute atomic E-state index is 3.14. The standard InChI is InChI=1S/C30H28N2/c1-31-29-19-11-25(12-20-29)5-3-23-7-15-27(16-8-23)28-17-9-24(10-18-28)4-6-26-13-21-30(32-2)22-14-26/h3-22,31-32H,1-2H3. The number of hydrogen-bond acceptors (Lipinski definition) is 2. The molecule has 2 nitrogen and oxygen atoms in total. The number of hydrogen-bond donors (Lipinski definition) is 2. The molecule has 0 fully saturated rings. The lowest BCUT2D eigenvalue weighted by molar-refractivity contribution is 1.51. The topological polar surface area (TPSA) is 24.1 Å². The van der Waals surface area contributed by atoms with Gasteiger partial charge in [0.15, 0.2) is 0 Å². The second-order valence-electron chi connectivity index (χ2n) is 7.65. The summed E-state index contributed by atoms with van der Waals surface area (Å²) in [5, 5.41) is 6.28. The summed E-state index contributed by atoms with van der Waals surface area (Å²) in [6.07, 6.45) is 8.58. The van der Waals surface area contributed by atoms with Gasteiger partial charge in [0.05, 0.1) is 0 Å². The molecule has 0 amide bonds. The summed E-state index contributed by atoms with van der Waals surface area (Å²) < 4.78 is 0. The minimum Gasteiger partial charge on any atom is -0.388 e. The van der Waals surface area contributed by atoms with E-state index in [1.165, 1.54) is 33.4 Å². The van der Waals surface area contributed by atoms with Crippen molar-refractivity contribution in [2.24, 2.45) is 0 Å². The molecule has 0 spiro atoms. The highest BCUT2D eigenvalue weighted by atomic mass is 14.8. The van der Waals surface area contributed by atoms with Crippen molar-refractivity contribution >= 4 is 35.7 Å². The Bertz CT molecular complexity index is 1080. The van der Waals surface area contributed by atoms with Crippen molar-refractivity contribution in [1.82, 2.24) is 0 Å². The van der Waals surface area contributed by atoms with E-state index in [9.17, 15) is 0 Å². The predicted octanol–water partition coefficient (Wildman–Crippen LogP) is 7.78. The first-order valence-corrected chi connectivity index (χ1v) is 10.9. The van der Waals surface area contributed by atoms with Gasteiger partial charge >= 0.3 is 0 Å². The van der Waals surface area contributed by atoms with E-state index in [0.717, 1.165) is 11.4 Å². The highest BCUT2D eigenvalue weighted by molar-refractivity contribution is 5.74. The van der Waals surface area contributed by atoms with Crippen LogP contribution in [0.2, 0.25) is 0 Å². The molecule has 0 aromatic heterocycles. The van der Waals surface area contributed by atoms with Crippen molar-refractivity contribution in [3.63, 3.8) is 0 Å². The lowest BCUT2D eigenvalue weighted by Crippen LogP contribution is -1.86. The molecule has 0 saturated heterocycles. The summed E-state index contributed by atoms with van der Waals surface area (Å²) in [6.45, 7) is 0. The average molecular weight is 417 g/mol. The summed E-state index contributed by atoms with van der Waals surface area (Å²) in [5.41, 5.74) is 9.44. The minimum absolute atomic E-state index is 1.12. The summed E-state index contributed by atoms with van der Waals surface area (Å²) in [5.74, 6) is 0. The number of benzene rings is 4. The van der Waals surface area contributed by atoms with Crippen LogP contribution in [0.3, 0.4) is 0 Å². The van der Waals surface area contributed by atoms with Crippen LogP contribution in [0.25, 0.3) is 35.4 Å². The van der Waals surface area contributed by atoms with Crippen LogP contribution < -0.4 is 10.6 Å². The molecule has 0 saturated carbocycles. The molecule has 4 aromatic rings. The molecule has 32 heavy (non-hydrogen) atoms. The third kappa shape index (κ3) is 5.55. The largest absolute Gasteiger partial charge is 0.388 e. The fourth-order valence-corrected chi connectivity index (χ4v) is 3.48. The molecule has 2 N–H and O–H groups in total. The Morgan fingerprint density at radius 2 is 0.625 bits per heavy atom. The Morgan fingerprint density at radius 1 is 0.375 bits per heavy atom. The van der Waals surface area contributed by atoms with Crippen molar-refractivity contribution in [2.75, 3.05) is 24.7 Å². The quantitative estimate of drug-likeness (QED) is 0.301. The van der Waals surface area contributed by atoms with Crippen molar-refractivity contribution in [1.29, 1.82) is 0 Å². The Labute approximate surface area is 191 Å². The number of rotatable bonds is 7. The highest BCUT2D eigenvalue weighted by Crippen LogP contribution is 2.22. The monoisotopic (exact) mass is 416 g/mol. The first kappa shape index (κ1) is 21.2. The third-order valence-electron chi connectivity index (χ3n) is 5.49. The number of nitrogens with one attached hydrogen (secondary N) is 2. The lowest BCUT2D eigenvalue weighted by Gasteiger charge is -2.04. The van der Waals surface area contributed by atoms with E-state index in [1.54, 1.807) is 0 Å². The molecule has 0 atom stereocenters. The van der Waals surface area contributed by atoms with Gasteiger partial charge in [0.25, 0.3) is 0 Å². The van der Waals surface area contributed by atoms with Crippen LogP contribution in [0, 0.1) is 0 Å². The Kier molecular flexibility index (Phi) is 6.84. The van der Waals surface area contributed by atoms with E-state index in [2.05, 4.69) is 132 Å². The zero-order valence-electron chi connectivity index (χ0n) is 18.5. The molecule has 0 aliphatic heterocycles. The summed E-state index contributed by atoms with van der Waals surface area (Å²) in [4.78, 5) is 0. The second kappa shape index (κ2) is 10.3. The fraction of sp³-hybridized carbons (Fsp3) is 0.0667. The molecule has 158 valence electrons. The van der Waals surface area contributed by atoms with Gasteiger partial charge in [-0.2, -0.15) is 0 Å². The van der Waals surface area contributed by atoms with Crippen molar-refractivity contribution in [3.8, 4) is 11.1 Å². The van der Waals surface area contributed by atoms with Gasteiger partial charge in [-0.25, -0.2) is 0 Å². The molecule has 0 aliphatic rings. The lowest BCUT2D eigenvalue weighted by atomic mass is 10.0. The predicted molar refractivity (Wildman–Crippen MR) is 142 cm³/mol.